The number of hydrogen-bond acceptors (Lipinski definition) is 4. The number of nitrogens with zero attached hydrogens (tertiary/aromatic N) is 2. The molecule has 5 rings (SSSR count). The van der Waals surface area contributed by atoms with Gasteiger partial charge >= 0.3 is 5.97 Å². The van der Waals surface area contributed by atoms with Crippen molar-refractivity contribution in [3.63, 3.8) is 0 Å². The fraction of sp³-hybridized carbons (Fsp3) is 0.412. The average Bonchev–Trinajstić information content (AvgIpc) is 3.35. The van der Waals surface area contributed by atoms with E-state index in [0.29, 0.717) is 25.8 Å². The molecular formula is C34H40FN3O3. The van der Waals surface area contributed by atoms with Crippen LogP contribution in [0.3, 0.4) is 0 Å². The van der Waals surface area contributed by atoms with E-state index in [1.807, 2.05) is 30.3 Å². The first-order valence-electron chi connectivity index (χ1n) is 14.4. The standard InChI is InChI=1S/C34H40FN3O3/c1-22(2)31-27-14-13-26(35)20-25(27)15-16-34(31,32(41-4)33(39)40)17-18-38(3)21-24-11-9-23(10-12-24)19-30-36-28-7-5-6-8-29(28)37-30/h5-14,20,22,31-32H,15-19,21H2,1-4H3,(H,36,37)(H,39,40)/t31?,32-,34?/m1/s1. The van der Waals surface area contributed by atoms with Crippen molar-refractivity contribution < 1.29 is 19.0 Å². The summed E-state index contributed by atoms with van der Waals surface area (Å²) in [7, 11) is 3.57. The second-order valence-corrected chi connectivity index (χ2v) is 11.9. The minimum atomic E-state index is -0.945. The number of aromatic amines is 1. The van der Waals surface area contributed by atoms with E-state index in [9.17, 15) is 14.3 Å². The van der Waals surface area contributed by atoms with Gasteiger partial charge in [0.2, 0.25) is 0 Å². The molecule has 1 aliphatic carbocycles. The lowest BCUT2D eigenvalue weighted by molar-refractivity contribution is -0.162. The molecule has 0 amide bonds. The Balaban J connectivity index is 1.30. The molecule has 3 atom stereocenters. The first-order chi connectivity index (χ1) is 19.7. The van der Waals surface area contributed by atoms with Gasteiger partial charge in [0.1, 0.15) is 11.6 Å². The van der Waals surface area contributed by atoms with Crippen LogP contribution in [0.4, 0.5) is 4.39 Å². The number of nitrogens with one attached hydrogen (secondary N) is 1. The van der Waals surface area contributed by atoms with E-state index in [2.05, 4.69) is 60.0 Å². The van der Waals surface area contributed by atoms with Crippen LogP contribution >= 0.6 is 0 Å². The molecule has 1 heterocycles. The minimum absolute atomic E-state index is 0.0566. The molecule has 0 saturated carbocycles. The molecule has 0 spiro atoms. The molecule has 1 aliphatic rings. The van der Waals surface area contributed by atoms with E-state index in [0.717, 1.165) is 41.0 Å². The predicted molar refractivity (Wildman–Crippen MR) is 159 cm³/mol. The van der Waals surface area contributed by atoms with E-state index >= 15 is 0 Å². The number of benzene rings is 3. The van der Waals surface area contributed by atoms with E-state index < -0.39 is 17.5 Å². The van der Waals surface area contributed by atoms with Gasteiger partial charge in [0, 0.05) is 25.5 Å². The zero-order valence-electron chi connectivity index (χ0n) is 24.4. The summed E-state index contributed by atoms with van der Waals surface area (Å²) in [6.45, 7) is 5.72. The second kappa shape index (κ2) is 12.1. The first-order valence-corrected chi connectivity index (χ1v) is 14.4. The Hall–Kier alpha value is -3.55. The Morgan fingerprint density at radius 1 is 1.15 bits per heavy atom. The molecule has 3 aromatic carbocycles. The van der Waals surface area contributed by atoms with E-state index in [4.69, 9.17) is 4.74 Å². The first kappa shape index (κ1) is 29.0. The summed E-state index contributed by atoms with van der Waals surface area (Å²) in [6.07, 6.45) is 1.74. The molecular weight excluding hydrogens is 517 g/mol. The molecule has 0 aliphatic heterocycles. The topological polar surface area (TPSA) is 78.5 Å². The third kappa shape index (κ3) is 6.07. The molecule has 41 heavy (non-hydrogen) atoms. The SMILES string of the molecule is CO[C@H](C(=O)O)C1(CCN(C)Cc2ccc(Cc3nc4ccccc4[nH]3)cc2)CCc2cc(F)ccc2C1C(C)C. The van der Waals surface area contributed by atoms with Crippen molar-refractivity contribution in [2.75, 3.05) is 20.7 Å². The number of halogens is 1. The molecule has 0 fully saturated rings. The highest BCUT2D eigenvalue weighted by molar-refractivity contribution is 5.75. The van der Waals surface area contributed by atoms with E-state index in [-0.39, 0.29) is 17.7 Å². The second-order valence-electron chi connectivity index (χ2n) is 11.9. The summed E-state index contributed by atoms with van der Waals surface area (Å²) in [4.78, 5) is 22.8. The summed E-state index contributed by atoms with van der Waals surface area (Å²) >= 11 is 0. The molecule has 6 nitrogen and oxygen atoms in total. The third-order valence-electron chi connectivity index (χ3n) is 8.81. The number of hydrogen-bond donors (Lipinski definition) is 2. The van der Waals surface area contributed by atoms with Gasteiger partial charge in [0.05, 0.1) is 11.0 Å². The van der Waals surface area contributed by atoms with Crippen LogP contribution in [-0.2, 0) is 28.9 Å². The van der Waals surface area contributed by atoms with Crippen LogP contribution in [0, 0.1) is 17.2 Å². The van der Waals surface area contributed by atoms with Gasteiger partial charge in [0.25, 0.3) is 0 Å². The average molecular weight is 558 g/mol. The van der Waals surface area contributed by atoms with Gasteiger partial charge in [-0.05, 0) is 91.2 Å². The number of aromatic nitrogens is 2. The number of ether oxygens (including phenoxy) is 1. The number of carbonyl (C=O) groups is 1. The summed E-state index contributed by atoms with van der Waals surface area (Å²) in [6, 6.07) is 21.6. The highest BCUT2D eigenvalue weighted by atomic mass is 19.1. The van der Waals surface area contributed by atoms with Gasteiger partial charge in [-0.3, -0.25) is 0 Å². The maximum Gasteiger partial charge on any atom is 0.333 e. The lowest BCUT2D eigenvalue weighted by Gasteiger charge is -2.50. The number of para-hydroxylation sites is 2. The number of imidazole rings is 1. The lowest BCUT2D eigenvalue weighted by Crippen LogP contribution is -2.51. The van der Waals surface area contributed by atoms with E-state index in [1.54, 1.807) is 6.07 Å². The summed E-state index contributed by atoms with van der Waals surface area (Å²) in [5, 5.41) is 10.3. The number of H-pyrrole nitrogens is 1. The van der Waals surface area contributed by atoms with Gasteiger partial charge in [-0.2, -0.15) is 0 Å². The highest BCUT2D eigenvalue weighted by Crippen LogP contribution is 2.54. The Labute approximate surface area is 241 Å². The Kier molecular flexibility index (Phi) is 8.57. The van der Waals surface area contributed by atoms with Crippen LogP contribution in [-0.4, -0.2) is 52.7 Å². The fourth-order valence-corrected chi connectivity index (χ4v) is 7.07. The monoisotopic (exact) mass is 557 g/mol. The summed E-state index contributed by atoms with van der Waals surface area (Å²) in [5.74, 6) is -0.126. The van der Waals surface area contributed by atoms with Gasteiger partial charge in [-0.25, -0.2) is 14.2 Å². The Bertz CT molecular complexity index is 1470. The third-order valence-corrected chi connectivity index (χ3v) is 8.81. The van der Waals surface area contributed by atoms with Crippen molar-refractivity contribution in [2.45, 2.75) is 58.1 Å². The quantitative estimate of drug-likeness (QED) is 0.218. The molecule has 7 heteroatoms. The molecule has 2 unspecified atom stereocenters. The maximum absolute atomic E-state index is 14.1. The van der Waals surface area contributed by atoms with Crippen molar-refractivity contribution in [3.05, 3.63) is 101 Å². The van der Waals surface area contributed by atoms with Crippen LogP contribution in [0.2, 0.25) is 0 Å². The minimum Gasteiger partial charge on any atom is -0.479 e. The van der Waals surface area contributed by atoms with Gasteiger partial charge in [-0.15, -0.1) is 0 Å². The maximum atomic E-state index is 14.1. The lowest BCUT2D eigenvalue weighted by atomic mass is 9.56. The van der Waals surface area contributed by atoms with Crippen LogP contribution in [0.25, 0.3) is 11.0 Å². The Morgan fingerprint density at radius 2 is 1.88 bits per heavy atom. The number of rotatable bonds is 11. The van der Waals surface area contributed by atoms with Gasteiger partial charge in [-0.1, -0.05) is 56.3 Å². The molecule has 4 aromatic rings. The molecule has 1 aromatic heterocycles. The van der Waals surface area contributed by atoms with Crippen LogP contribution < -0.4 is 0 Å². The van der Waals surface area contributed by atoms with Crippen molar-refractivity contribution in [1.29, 1.82) is 0 Å². The highest BCUT2D eigenvalue weighted by Gasteiger charge is 2.52. The van der Waals surface area contributed by atoms with Crippen molar-refractivity contribution in [2.24, 2.45) is 11.3 Å². The summed E-state index contributed by atoms with van der Waals surface area (Å²) in [5.41, 5.74) is 5.84. The molecule has 0 bridgehead atoms. The van der Waals surface area contributed by atoms with E-state index in [1.165, 1.54) is 24.3 Å². The molecule has 0 radical (unpaired) electrons. The van der Waals surface area contributed by atoms with Gasteiger partial charge in [0.15, 0.2) is 6.10 Å². The number of aliphatic carboxylic acids is 1. The molecule has 216 valence electrons. The number of carboxylic acid groups (broad SMARTS) is 1. The van der Waals surface area contributed by atoms with Crippen LogP contribution in [0.15, 0.2) is 66.7 Å². The van der Waals surface area contributed by atoms with Crippen molar-refractivity contribution in [3.8, 4) is 0 Å². The zero-order valence-corrected chi connectivity index (χ0v) is 24.4. The smallest absolute Gasteiger partial charge is 0.333 e. The van der Waals surface area contributed by atoms with Crippen LogP contribution in [0.1, 0.15) is 60.7 Å². The number of carboxylic acids is 1. The molecule has 2 N–H and O–H groups in total. The Morgan fingerprint density at radius 3 is 2.56 bits per heavy atom. The largest absolute Gasteiger partial charge is 0.479 e. The fourth-order valence-electron chi connectivity index (χ4n) is 7.07. The molecule has 0 saturated heterocycles. The van der Waals surface area contributed by atoms with Crippen molar-refractivity contribution in [1.82, 2.24) is 14.9 Å². The number of fused-ring (bicyclic) bond motifs is 2. The zero-order chi connectivity index (χ0) is 29.1. The normalized spacial score (nSPS) is 19.5. The predicted octanol–water partition coefficient (Wildman–Crippen LogP) is 6.59. The number of aryl methyl sites for hydroxylation is 1. The van der Waals surface area contributed by atoms with Crippen LogP contribution in [0.5, 0.6) is 0 Å². The number of methoxy groups -OCH3 is 1. The van der Waals surface area contributed by atoms with Gasteiger partial charge < -0.3 is 19.7 Å². The summed E-state index contributed by atoms with van der Waals surface area (Å²) < 4.78 is 19.8. The van der Waals surface area contributed by atoms with Crippen molar-refractivity contribution >= 4 is 17.0 Å².